The monoisotopic (exact) mass is 695 g/mol. The van der Waals surface area contributed by atoms with Gasteiger partial charge in [0.25, 0.3) is 5.91 Å². The van der Waals surface area contributed by atoms with Crippen molar-refractivity contribution in [3.05, 3.63) is 95.8 Å². The number of anilines is 2. The number of carbonyl (C=O) groups excluding carboxylic acids is 2. The number of thiazole rings is 1. The molecule has 0 radical (unpaired) electrons. The molecular weight excluding hydrogens is 651 g/mol. The minimum absolute atomic E-state index is 0.195. The zero-order chi connectivity index (χ0) is 34.9. The van der Waals surface area contributed by atoms with Crippen LogP contribution in [0.5, 0.6) is 10.8 Å². The molecule has 0 atom stereocenters. The van der Waals surface area contributed by atoms with Gasteiger partial charge in [-0.2, -0.15) is 0 Å². The Morgan fingerprint density at radius 1 is 1.00 bits per heavy atom. The van der Waals surface area contributed by atoms with Crippen LogP contribution in [0.25, 0.3) is 16.6 Å². The molecule has 5 N–H and O–H groups in total. The quantitative estimate of drug-likeness (QED) is 0.0782. The van der Waals surface area contributed by atoms with Crippen LogP contribution in [0.2, 0.25) is 0 Å². The van der Waals surface area contributed by atoms with E-state index in [2.05, 4.69) is 67.0 Å². The topological polar surface area (TPSA) is 133 Å². The van der Waals surface area contributed by atoms with Crippen LogP contribution in [0, 0.1) is 0 Å². The van der Waals surface area contributed by atoms with E-state index in [-0.39, 0.29) is 18.0 Å². The second-order valence-corrected chi connectivity index (χ2v) is 13.6. The SMILES string of the molecule is CCCCCNC(=O)Nc1ccc(Oc2cnc(NC(=O)c3ccc(-n4cc(CN5CCC(O)CC5)c5ccccc54)cc3)s2)c(CNC)c1. The van der Waals surface area contributed by atoms with E-state index >= 15 is 0 Å². The molecule has 50 heavy (non-hydrogen) atoms. The Morgan fingerprint density at radius 2 is 1.80 bits per heavy atom. The number of aliphatic hydroxyl groups excluding tert-OH is 1. The lowest BCUT2D eigenvalue weighted by Gasteiger charge is -2.29. The molecule has 1 saturated heterocycles. The number of aromatic nitrogens is 2. The summed E-state index contributed by atoms with van der Waals surface area (Å²) in [5, 5.41) is 23.9. The Kier molecular flexibility index (Phi) is 11.8. The summed E-state index contributed by atoms with van der Waals surface area (Å²) < 4.78 is 8.33. The zero-order valence-electron chi connectivity index (χ0n) is 28.6. The summed E-state index contributed by atoms with van der Waals surface area (Å²) in [6, 6.07) is 21.2. The maximum Gasteiger partial charge on any atom is 0.319 e. The molecule has 0 spiro atoms. The van der Waals surface area contributed by atoms with Gasteiger partial charge in [0.15, 0.2) is 5.13 Å². The van der Waals surface area contributed by atoms with Crippen LogP contribution in [-0.2, 0) is 13.1 Å². The number of amides is 3. The van der Waals surface area contributed by atoms with Crippen LogP contribution in [-0.4, -0.2) is 64.3 Å². The van der Waals surface area contributed by atoms with Crippen LogP contribution >= 0.6 is 11.3 Å². The summed E-state index contributed by atoms with van der Waals surface area (Å²) in [5.41, 5.74) is 5.37. The minimum atomic E-state index is -0.262. The number of nitrogens with zero attached hydrogens (tertiary/aromatic N) is 3. The summed E-state index contributed by atoms with van der Waals surface area (Å²) >= 11 is 1.24. The molecule has 2 aromatic heterocycles. The number of nitrogens with one attached hydrogen (secondary N) is 4. The van der Waals surface area contributed by atoms with E-state index in [1.165, 1.54) is 22.3 Å². The van der Waals surface area contributed by atoms with Crippen molar-refractivity contribution in [1.29, 1.82) is 0 Å². The Bertz CT molecular complexity index is 1900. The van der Waals surface area contributed by atoms with E-state index in [1.807, 2.05) is 49.5 Å². The van der Waals surface area contributed by atoms with Crippen molar-refractivity contribution in [2.24, 2.45) is 0 Å². The molecule has 3 heterocycles. The predicted octanol–water partition coefficient (Wildman–Crippen LogP) is 7.12. The highest BCUT2D eigenvalue weighted by atomic mass is 32.1. The molecule has 12 heteroatoms. The summed E-state index contributed by atoms with van der Waals surface area (Å²) in [6.45, 7) is 5.91. The molecule has 1 aliphatic heterocycles. The number of para-hydroxylation sites is 1. The Balaban J connectivity index is 1.08. The first-order chi connectivity index (χ1) is 24.4. The summed E-state index contributed by atoms with van der Waals surface area (Å²) in [4.78, 5) is 32.2. The maximum absolute atomic E-state index is 13.2. The number of rotatable bonds is 14. The number of benzene rings is 3. The molecule has 0 aliphatic carbocycles. The Hall–Kier alpha value is -4.75. The molecule has 0 saturated carbocycles. The standard InChI is InChI=1S/C38H45N7O4S/c1-3-4-7-18-40-37(48)42-29-12-15-34(27(21-29)22-39-2)49-35-23-41-38(50-35)43-36(47)26-10-13-30(14-11-26)45-25-28(32-8-5-6-9-33(32)45)24-44-19-16-31(46)17-20-44/h5-6,8-15,21,23,25,31,39,46H,3-4,7,16-20,22,24H2,1-2H3,(H2,40,42,48)(H,41,43,47). The van der Waals surface area contributed by atoms with Gasteiger partial charge in [-0.25, -0.2) is 9.78 Å². The number of hydrogen-bond donors (Lipinski definition) is 5. The van der Waals surface area contributed by atoms with Crippen LogP contribution < -0.4 is 26.0 Å². The molecule has 0 unspecified atom stereocenters. The van der Waals surface area contributed by atoms with E-state index in [1.54, 1.807) is 12.3 Å². The lowest BCUT2D eigenvalue weighted by molar-refractivity contribution is 0.0794. The fraction of sp³-hybridized carbons (Fsp3) is 0.342. The molecule has 11 nitrogen and oxygen atoms in total. The van der Waals surface area contributed by atoms with Crippen molar-refractivity contribution < 1.29 is 19.4 Å². The lowest BCUT2D eigenvalue weighted by atomic mass is 10.1. The molecule has 1 fully saturated rings. The van der Waals surface area contributed by atoms with Gasteiger partial charge < -0.3 is 30.4 Å². The van der Waals surface area contributed by atoms with Crippen molar-refractivity contribution >= 4 is 45.0 Å². The van der Waals surface area contributed by atoms with Crippen molar-refractivity contribution in [2.45, 2.75) is 58.2 Å². The molecule has 1 aliphatic rings. The second-order valence-electron chi connectivity index (χ2n) is 12.6. The average molecular weight is 696 g/mol. The number of piperidine rings is 1. The highest BCUT2D eigenvalue weighted by Crippen LogP contribution is 2.34. The average Bonchev–Trinajstić information content (AvgIpc) is 3.73. The number of fused-ring (bicyclic) bond motifs is 1. The third kappa shape index (κ3) is 8.88. The van der Waals surface area contributed by atoms with Gasteiger partial charge in [0.05, 0.1) is 17.8 Å². The molecule has 0 bridgehead atoms. The lowest BCUT2D eigenvalue weighted by Crippen LogP contribution is -2.35. The molecule has 262 valence electrons. The fourth-order valence-electron chi connectivity index (χ4n) is 6.16. The number of aliphatic hydroxyl groups is 1. The first-order valence-electron chi connectivity index (χ1n) is 17.3. The Labute approximate surface area is 296 Å². The van der Waals surface area contributed by atoms with Gasteiger partial charge in [-0.3, -0.25) is 15.0 Å². The van der Waals surface area contributed by atoms with E-state index in [0.717, 1.165) is 68.5 Å². The number of carbonyl (C=O) groups is 2. The van der Waals surface area contributed by atoms with Crippen LogP contribution in [0.1, 0.15) is 60.5 Å². The van der Waals surface area contributed by atoms with E-state index in [0.29, 0.717) is 40.3 Å². The van der Waals surface area contributed by atoms with Gasteiger partial charge in [0, 0.05) is 66.8 Å². The van der Waals surface area contributed by atoms with Gasteiger partial charge in [0.1, 0.15) is 5.75 Å². The third-order valence-electron chi connectivity index (χ3n) is 8.82. The molecule has 5 aromatic rings. The van der Waals surface area contributed by atoms with Gasteiger partial charge in [-0.1, -0.05) is 49.3 Å². The molecule has 6 rings (SSSR count). The predicted molar refractivity (Wildman–Crippen MR) is 200 cm³/mol. The first-order valence-corrected chi connectivity index (χ1v) is 18.1. The number of unbranched alkanes of at least 4 members (excludes halogenated alkanes) is 2. The molecule has 3 aromatic carbocycles. The summed E-state index contributed by atoms with van der Waals surface area (Å²) in [7, 11) is 1.85. The number of likely N-dealkylation sites (tertiary alicyclic amines) is 1. The number of ether oxygens (including phenoxy) is 1. The molecule has 3 amide bonds. The van der Waals surface area contributed by atoms with Gasteiger partial charge in [0.2, 0.25) is 5.06 Å². The van der Waals surface area contributed by atoms with Crippen molar-refractivity contribution in [3.8, 4) is 16.5 Å². The highest BCUT2D eigenvalue weighted by molar-refractivity contribution is 7.17. The van der Waals surface area contributed by atoms with E-state index in [4.69, 9.17) is 4.74 Å². The summed E-state index contributed by atoms with van der Waals surface area (Å²) in [5.74, 6) is 0.364. The van der Waals surface area contributed by atoms with E-state index in [9.17, 15) is 14.7 Å². The minimum Gasteiger partial charge on any atom is -0.445 e. The van der Waals surface area contributed by atoms with Crippen LogP contribution in [0.3, 0.4) is 0 Å². The number of urea groups is 1. The summed E-state index contributed by atoms with van der Waals surface area (Å²) in [6.07, 6.45) is 8.32. The van der Waals surface area contributed by atoms with E-state index < -0.39 is 0 Å². The maximum atomic E-state index is 13.2. The van der Waals surface area contributed by atoms with Crippen LogP contribution in [0.15, 0.2) is 79.1 Å². The van der Waals surface area contributed by atoms with Crippen molar-refractivity contribution in [1.82, 2.24) is 25.1 Å². The molecular formula is C38H45N7O4S. The fourth-order valence-corrected chi connectivity index (χ4v) is 6.84. The highest BCUT2D eigenvalue weighted by Gasteiger charge is 2.20. The number of hydrogen-bond acceptors (Lipinski definition) is 8. The van der Waals surface area contributed by atoms with Crippen LogP contribution in [0.4, 0.5) is 15.6 Å². The van der Waals surface area contributed by atoms with Gasteiger partial charge in [-0.15, -0.1) is 0 Å². The third-order valence-corrected chi connectivity index (χ3v) is 9.61. The van der Waals surface area contributed by atoms with Gasteiger partial charge in [-0.05, 0) is 80.4 Å². The smallest absolute Gasteiger partial charge is 0.319 e. The Morgan fingerprint density at radius 3 is 2.58 bits per heavy atom. The zero-order valence-corrected chi connectivity index (χ0v) is 29.4. The second kappa shape index (κ2) is 16.8. The van der Waals surface area contributed by atoms with Crippen molar-refractivity contribution in [2.75, 3.05) is 37.3 Å². The van der Waals surface area contributed by atoms with Crippen molar-refractivity contribution in [3.63, 3.8) is 0 Å². The normalized spacial score (nSPS) is 13.7. The van der Waals surface area contributed by atoms with Gasteiger partial charge >= 0.3 is 6.03 Å². The first kappa shape index (κ1) is 35.1. The largest absolute Gasteiger partial charge is 0.445 e.